The molecule has 2 rings (SSSR count). The smallest absolute Gasteiger partial charge is 0.257 e. The van der Waals surface area contributed by atoms with E-state index in [2.05, 4.69) is 10.1 Å². The number of carbonyl (C=O) groups is 1. The minimum atomic E-state index is -0.119. The summed E-state index contributed by atoms with van der Waals surface area (Å²) in [5.74, 6) is 0.227. The number of nitrogens with two attached hydrogens (primary N) is 1. The number of anilines is 1. The van der Waals surface area contributed by atoms with Crippen molar-refractivity contribution in [2.24, 2.45) is 10.8 Å². The molecule has 1 aromatic rings. The lowest BCUT2D eigenvalue weighted by molar-refractivity contribution is -0.116. The monoisotopic (exact) mass is 196 g/mol. The van der Waals surface area contributed by atoms with E-state index in [1.807, 2.05) is 12.3 Å². The third kappa shape index (κ3) is 1.40. The fraction of sp³-hybridized carbons (Fsp3) is 0.286. The molecule has 1 aliphatic heterocycles. The third-order valence-corrected chi connectivity index (χ3v) is 2.52. The first-order chi connectivity index (χ1) is 6.16. The highest BCUT2D eigenvalue weighted by atomic mass is 32.1. The Labute approximate surface area is 78.9 Å². The van der Waals surface area contributed by atoms with Gasteiger partial charge in [0.1, 0.15) is 5.84 Å². The summed E-state index contributed by atoms with van der Waals surface area (Å²) in [4.78, 5) is 15.4. The number of rotatable bonds is 1. The molecule has 68 valence electrons. The second-order valence-corrected chi connectivity index (χ2v) is 3.58. The van der Waals surface area contributed by atoms with Crippen molar-refractivity contribution in [2.75, 3.05) is 5.01 Å². The summed E-state index contributed by atoms with van der Waals surface area (Å²) in [6.45, 7) is 1.87. The first kappa shape index (κ1) is 8.18. The first-order valence-corrected chi connectivity index (χ1v) is 4.63. The summed E-state index contributed by atoms with van der Waals surface area (Å²) < 4.78 is 0. The second-order valence-electron chi connectivity index (χ2n) is 2.75. The number of aromatic nitrogens is 1. The Balaban J connectivity index is 2.32. The molecule has 0 saturated carbocycles. The van der Waals surface area contributed by atoms with Crippen molar-refractivity contribution in [3.8, 4) is 0 Å². The van der Waals surface area contributed by atoms with Crippen LogP contribution in [0.2, 0.25) is 0 Å². The molecule has 0 radical (unpaired) electrons. The van der Waals surface area contributed by atoms with Gasteiger partial charge in [0.15, 0.2) is 0 Å². The molecule has 0 atom stereocenters. The van der Waals surface area contributed by atoms with Gasteiger partial charge in [-0.1, -0.05) is 0 Å². The van der Waals surface area contributed by atoms with Gasteiger partial charge in [-0.25, -0.2) is 4.98 Å². The number of hydrogen-bond donors (Lipinski definition) is 1. The summed E-state index contributed by atoms with van der Waals surface area (Å²) in [5, 5.41) is 7.59. The van der Waals surface area contributed by atoms with Gasteiger partial charge < -0.3 is 5.73 Å². The van der Waals surface area contributed by atoms with Gasteiger partial charge in [0.05, 0.1) is 12.1 Å². The molecule has 6 heteroatoms. The lowest BCUT2D eigenvalue weighted by atomic mass is 10.4. The van der Waals surface area contributed by atoms with Gasteiger partial charge in [-0.3, -0.25) is 4.79 Å². The number of amides is 1. The maximum absolute atomic E-state index is 11.3. The highest BCUT2D eigenvalue weighted by Crippen LogP contribution is 2.23. The fourth-order valence-electron chi connectivity index (χ4n) is 1.04. The molecule has 0 unspecified atom stereocenters. The number of hydrogen-bond acceptors (Lipinski definition) is 5. The molecular formula is C7H8N4OS. The van der Waals surface area contributed by atoms with Crippen molar-refractivity contribution >= 4 is 28.2 Å². The Morgan fingerprint density at radius 3 is 2.92 bits per heavy atom. The topological polar surface area (TPSA) is 71.6 Å². The molecule has 1 aliphatic rings. The number of thiazole rings is 1. The zero-order valence-corrected chi connectivity index (χ0v) is 7.84. The Hall–Kier alpha value is -1.43. The lowest BCUT2D eigenvalue weighted by Gasteiger charge is -2.05. The van der Waals surface area contributed by atoms with Gasteiger partial charge in [0.2, 0.25) is 5.13 Å². The molecule has 0 bridgehead atoms. The van der Waals surface area contributed by atoms with Gasteiger partial charge in [-0.05, 0) is 6.92 Å². The number of hydrazone groups is 1. The zero-order valence-electron chi connectivity index (χ0n) is 7.02. The van der Waals surface area contributed by atoms with Gasteiger partial charge in [0.25, 0.3) is 5.91 Å². The molecule has 5 nitrogen and oxygen atoms in total. The van der Waals surface area contributed by atoms with Crippen LogP contribution in [0.1, 0.15) is 12.1 Å². The predicted octanol–water partition coefficient (Wildman–Crippen LogP) is 0.460. The zero-order chi connectivity index (χ0) is 9.42. The molecule has 2 heterocycles. The van der Waals surface area contributed by atoms with Crippen molar-refractivity contribution < 1.29 is 4.79 Å². The molecule has 0 spiro atoms. The third-order valence-electron chi connectivity index (χ3n) is 1.59. The lowest BCUT2D eigenvalue weighted by Crippen LogP contribution is -2.19. The van der Waals surface area contributed by atoms with Gasteiger partial charge in [-0.15, -0.1) is 16.4 Å². The van der Waals surface area contributed by atoms with E-state index in [-0.39, 0.29) is 12.3 Å². The van der Waals surface area contributed by atoms with Crippen LogP contribution in [0.3, 0.4) is 0 Å². The minimum absolute atomic E-state index is 0.119. The molecule has 0 saturated heterocycles. The van der Waals surface area contributed by atoms with Crippen LogP contribution < -0.4 is 10.7 Å². The molecule has 0 aliphatic carbocycles. The summed E-state index contributed by atoms with van der Waals surface area (Å²) in [6, 6.07) is 0. The van der Waals surface area contributed by atoms with E-state index in [9.17, 15) is 4.79 Å². The maximum atomic E-state index is 11.3. The standard InChI is InChI=1S/C7H8N4OS/c1-4-3-13-7(9-4)11-6(12)2-5(8)10-11/h3H,2H2,1H3,(H2,8,10). The van der Waals surface area contributed by atoms with Crippen molar-refractivity contribution in [2.45, 2.75) is 13.3 Å². The molecule has 13 heavy (non-hydrogen) atoms. The highest BCUT2D eigenvalue weighted by molar-refractivity contribution is 7.14. The molecule has 1 amide bonds. The molecule has 1 aromatic heterocycles. The summed E-state index contributed by atoms with van der Waals surface area (Å²) in [5.41, 5.74) is 6.31. The molecule has 2 N–H and O–H groups in total. The maximum Gasteiger partial charge on any atom is 0.257 e. The Morgan fingerprint density at radius 1 is 1.69 bits per heavy atom. The van der Waals surface area contributed by atoms with Gasteiger partial charge in [-0.2, -0.15) is 5.01 Å². The first-order valence-electron chi connectivity index (χ1n) is 3.75. The van der Waals surface area contributed by atoms with Gasteiger partial charge >= 0.3 is 0 Å². The summed E-state index contributed by atoms with van der Waals surface area (Å²) >= 11 is 1.38. The Kier molecular flexibility index (Phi) is 1.77. The number of aryl methyl sites for hydroxylation is 1. The average Bonchev–Trinajstić information content (AvgIpc) is 2.58. The van der Waals surface area contributed by atoms with Crippen LogP contribution in [-0.2, 0) is 4.79 Å². The molecular weight excluding hydrogens is 188 g/mol. The Bertz CT molecular complexity index is 384. The van der Waals surface area contributed by atoms with Crippen LogP contribution in [-0.4, -0.2) is 16.7 Å². The van der Waals surface area contributed by atoms with Crippen LogP contribution in [0.15, 0.2) is 10.5 Å². The fourth-order valence-corrected chi connectivity index (χ4v) is 1.81. The predicted molar refractivity (Wildman–Crippen MR) is 50.6 cm³/mol. The summed E-state index contributed by atoms with van der Waals surface area (Å²) in [6.07, 6.45) is 0.193. The second kappa shape index (κ2) is 2.81. The molecule has 0 fully saturated rings. The van der Waals surface area contributed by atoms with Crippen LogP contribution in [0.5, 0.6) is 0 Å². The highest BCUT2D eigenvalue weighted by Gasteiger charge is 2.25. The number of nitrogens with zero attached hydrogens (tertiary/aromatic N) is 3. The van der Waals surface area contributed by atoms with E-state index in [1.165, 1.54) is 16.3 Å². The van der Waals surface area contributed by atoms with Crippen LogP contribution in [0, 0.1) is 6.92 Å². The number of carbonyl (C=O) groups excluding carboxylic acids is 1. The van der Waals surface area contributed by atoms with E-state index >= 15 is 0 Å². The van der Waals surface area contributed by atoms with Crippen molar-refractivity contribution in [1.82, 2.24) is 4.98 Å². The van der Waals surface area contributed by atoms with Crippen LogP contribution >= 0.6 is 11.3 Å². The quantitative estimate of drug-likeness (QED) is 0.709. The van der Waals surface area contributed by atoms with Crippen molar-refractivity contribution in [3.63, 3.8) is 0 Å². The van der Waals surface area contributed by atoms with E-state index in [0.29, 0.717) is 11.0 Å². The van der Waals surface area contributed by atoms with E-state index < -0.39 is 0 Å². The van der Waals surface area contributed by atoms with Gasteiger partial charge in [0, 0.05) is 5.38 Å². The average molecular weight is 196 g/mol. The molecule has 0 aromatic carbocycles. The van der Waals surface area contributed by atoms with Crippen LogP contribution in [0.4, 0.5) is 5.13 Å². The van der Waals surface area contributed by atoms with Crippen molar-refractivity contribution in [3.05, 3.63) is 11.1 Å². The van der Waals surface area contributed by atoms with E-state index in [1.54, 1.807) is 0 Å². The van der Waals surface area contributed by atoms with Crippen LogP contribution in [0.25, 0.3) is 0 Å². The number of amidine groups is 1. The largest absolute Gasteiger partial charge is 0.385 e. The van der Waals surface area contributed by atoms with Crippen molar-refractivity contribution in [1.29, 1.82) is 0 Å². The van der Waals surface area contributed by atoms with E-state index in [4.69, 9.17) is 5.73 Å². The SMILES string of the molecule is Cc1csc(N2N=C(N)CC2=O)n1. The normalized spacial score (nSPS) is 16.5. The summed E-state index contributed by atoms with van der Waals surface area (Å²) in [7, 11) is 0. The minimum Gasteiger partial charge on any atom is -0.385 e. The van der Waals surface area contributed by atoms with E-state index in [0.717, 1.165) is 5.69 Å². The Morgan fingerprint density at radius 2 is 2.46 bits per heavy atom.